The number of nitrogens with one attached hydrogen (secondary N) is 3. The first-order chi connectivity index (χ1) is 18.4. The van der Waals surface area contributed by atoms with Gasteiger partial charge in [0.2, 0.25) is 0 Å². The van der Waals surface area contributed by atoms with Crippen molar-refractivity contribution in [3.63, 3.8) is 0 Å². The highest BCUT2D eigenvalue weighted by Gasteiger charge is 2.62. The van der Waals surface area contributed by atoms with Crippen LogP contribution in [0.1, 0.15) is 83.1 Å². The van der Waals surface area contributed by atoms with Crippen molar-refractivity contribution in [1.82, 2.24) is 20.9 Å². The molecular weight excluding hydrogens is 534 g/mol. The van der Waals surface area contributed by atoms with E-state index in [1.807, 2.05) is 0 Å². The number of ether oxygens (including phenoxy) is 4. The van der Waals surface area contributed by atoms with Crippen LogP contribution in [0.15, 0.2) is 0 Å². The standard InChI is InChI=1S/C28H55N5O8/c1-24(2,3)38-20(34)28(21(35)39-25(4,5)6,19-32-18-17-31-16-15-30-14-13-29)33(22(36)40-26(7,8)9)23(37)41-27(10,11)12/h30-32H,13-19,29H2,1-12H3. The lowest BCUT2D eigenvalue weighted by molar-refractivity contribution is -0.186. The fourth-order valence-electron chi connectivity index (χ4n) is 3.19. The molecule has 0 atom stereocenters. The first-order valence-corrected chi connectivity index (χ1v) is 14.0. The molecule has 41 heavy (non-hydrogen) atoms. The Kier molecular flexibility index (Phi) is 14.7. The van der Waals surface area contributed by atoms with Gasteiger partial charge in [0, 0.05) is 45.8 Å². The normalized spacial score (nSPS) is 12.9. The molecule has 0 aliphatic carbocycles. The van der Waals surface area contributed by atoms with Gasteiger partial charge in [-0.1, -0.05) is 0 Å². The average Bonchev–Trinajstić information content (AvgIpc) is 2.71. The number of nitrogens with zero attached hydrogens (tertiary/aromatic N) is 1. The molecule has 0 rings (SSSR count). The third-order valence-electron chi connectivity index (χ3n) is 4.67. The number of imide groups is 1. The van der Waals surface area contributed by atoms with E-state index in [2.05, 4.69) is 16.0 Å². The maximum atomic E-state index is 14.0. The van der Waals surface area contributed by atoms with E-state index in [1.54, 1.807) is 83.1 Å². The summed E-state index contributed by atoms with van der Waals surface area (Å²) in [6, 6.07) is 0. The highest BCUT2D eigenvalue weighted by molar-refractivity contribution is 6.12. The minimum absolute atomic E-state index is 0.265. The number of carbonyl (C=O) groups is 4. The lowest BCUT2D eigenvalue weighted by Crippen LogP contribution is -2.71. The third-order valence-corrected chi connectivity index (χ3v) is 4.67. The minimum atomic E-state index is -2.63. The van der Waals surface area contributed by atoms with Gasteiger partial charge in [0.05, 0.1) is 0 Å². The highest BCUT2D eigenvalue weighted by atomic mass is 16.6. The van der Waals surface area contributed by atoms with E-state index in [0.717, 1.165) is 0 Å². The molecule has 0 aromatic rings. The zero-order chi connectivity index (χ0) is 32.3. The van der Waals surface area contributed by atoms with Gasteiger partial charge in [0.1, 0.15) is 22.4 Å². The van der Waals surface area contributed by atoms with Crippen LogP contribution in [0.3, 0.4) is 0 Å². The Morgan fingerprint density at radius 1 is 0.537 bits per heavy atom. The van der Waals surface area contributed by atoms with Gasteiger partial charge in [0.15, 0.2) is 0 Å². The van der Waals surface area contributed by atoms with Crippen molar-refractivity contribution in [3.05, 3.63) is 0 Å². The van der Waals surface area contributed by atoms with Crippen molar-refractivity contribution in [2.24, 2.45) is 5.73 Å². The summed E-state index contributed by atoms with van der Waals surface area (Å²) >= 11 is 0. The quantitative estimate of drug-likeness (QED) is 0.107. The Bertz CT molecular complexity index is 811. The van der Waals surface area contributed by atoms with Gasteiger partial charge in [-0.25, -0.2) is 19.2 Å². The second kappa shape index (κ2) is 15.7. The monoisotopic (exact) mass is 589 g/mol. The molecule has 0 heterocycles. The smallest absolute Gasteiger partial charge is 0.421 e. The van der Waals surface area contributed by atoms with E-state index in [1.165, 1.54) is 0 Å². The Morgan fingerprint density at radius 3 is 1.17 bits per heavy atom. The zero-order valence-corrected chi connectivity index (χ0v) is 27.2. The first kappa shape index (κ1) is 38.5. The molecule has 5 N–H and O–H groups in total. The van der Waals surface area contributed by atoms with E-state index in [0.29, 0.717) is 37.6 Å². The number of hydrogen-bond donors (Lipinski definition) is 4. The molecule has 0 saturated carbocycles. The van der Waals surface area contributed by atoms with Crippen LogP contribution < -0.4 is 21.7 Å². The van der Waals surface area contributed by atoms with E-state index < -0.39 is 58.6 Å². The molecule has 0 saturated heterocycles. The Morgan fingerprint density at radius 2 is 0.854 bits per heavy atom. The molecule has 2 amide bonds. The van der Waals surface area contributed by atoms with E-state index in [4.69, 9.17) is 24.7 Å². The Balaban J connectivity index is 6.77. The van der Waals surface area contributed by atoms with Gasteiger partial charge in [-0.05, 0) is 83.1 Å². The lowest BCUT2D eigenvalue weighted by Gasteiger charge is -2.41. The van der Waals surface area contributed by atoms with Crippen molar-refractivity contribution in [1.29, 1.82) is 0 Å². The SMILES string of the molecule is CC(C)(C)OC(=O)N(C(=O)OC(C)(C)C)C(CNCCNCCNCCN)(C(=O)OC(C)(C)C)C(=O)OC(C)(C)C. The van der Waals surface area contributed by atoms with Crippen molar-refractivity contribution in [3.8, 4) is 0 Å². The summed E-state index contributed by atoms with van der Waals surface area (Å²) in [6.07, 6.45) is -2.54. The molecule has 0 aromatic heterocycles. The van der Waals surface area contributed by atoms with Crippen LogP contribution in [-0.4, -0.2) is 103 Å². The van der Waals surface area contributed by atoms with Crippen LogP contribution in [0.25, 0.3) is 0 Å². The predicted octanol–water partition coefficient (Wildman–Crippen LogP) is 2.31. The maximum Gasteiger partial charge on any atom is 0.421 e. The van der Waals surface area contributed by atoms with E-state index in [-0.39, 0.29) is 6.54 Å². The fourth-order valence-corrected chi connectivity index (χ4v) is 3.19. The second-order valence-electron chi connectivity index (χ2n) is 13.6. The van der Waals surface area contributed by atoms with Crippen molar-refractivity contribution in [2.75, 3.05) is 45.8 Å². The largest absolute Gasteiger partial charge is 0.458 e. The van der Waals surface area contributed by atoms with Crippen molar-refractivity contribution >= 4 is 24.1 Å². The summed E-state index contributed by atoms with van der Waals surface area (Å²) < 4.78 is 22.3. The average molecular weight is 590 g/mol. The summed E-state index contributed by atoms with van der Waals surface area (Å²) in [5.41, 5.74) is -1.50. The number of esters is 2. The molecule has 13 heteroatoms. The van der Waals surface area contributed by atoms with Gasteiger partial charge < -0.3 is 40.6 Å². The van der Waals surface area contributed by atoms with Gasteiger partial charge >= 0.3 is 24.1 Å². The van der Waals surface area contributed by atoms with Gasteiger partial charge in [-0.3, -0.25) is 0 Å². The Hall–Kier alpha value is -2.48. The van der Waals surface area contributed by atoms with E-state index >= 15 is 0 Å². The van der Waals surface area contributed by atoms with Crippen LogP contribution in [0.4, 0.5) is 9.59 Å². The Labute approximate surface area is 245 Å². The summed E-state index contributed by atoms with van der Waals surface area (Å²) in [5, 5.41) is 9.38. The molecule has 0 bridgehead atoms. The van der Waals surface area contributed by atoms with Gasteiger partial charge in [-0.15, -0.1) is 0 Å². The molecular formula is C28H55N5O8. The molecule has 0 aromatic carbocycles. The molecule has 0 aliphatic heterocycles. The molecule has 0 radical (unpaired) electrons. The number of amides is 2. The minimum Gasteiger partial charge on any atom is -0.458 e. The lowest BCUT2D eigenvalue weighted by atomic mass is 9.96. The maximum absolute atomic E-state index is 14.0. The molecule has 0 aliphatic rings. The molecule has 13 nitrogen and oxygen atoms in total. The van der Waals surface area contributed by atoms with Gasteiger partial charge in [-0.2, -0.15) is 4.90 Å². The topological polar surface area (TPSA) is 171 Å². The van der Waals surface area contributed by atoms with Crippen LogP contribution in [0.5, 0.6) is 0 Å². The zero-order valence-electron chi connectivity index (χ0n) is 27.2. The van der Waals surface area contributed by atoms with Crippen LogP contribution >= 0.6 is 0 Å². The van der Waals surface area contributed by atoms with Crippen LogP contribution in [0, 0.1) is 0 Å². The summed E-state index contributed by atoms with van der Waals surface area (Å²) in [6.45, 7) is 21.9. The number of nitrogens with two attached hydrogens (primary N) is 1. The molecule has 0 spiro atoms. The molecule has 0 unspecified atom stereocenters. The number of hydrogen-bond acceptors (Lipinski definition) is 12. The molecule has 0 fully saturated rings. The van der Waals surface area contributed by atoms with Crippen molar-refractivity contribution < 1.29 is 38.1 Å². The van der Waals surface area contributed by atoms with E-state index in [9.17, 15) is 19.2 Å². The third kappa shape index (κ3) is 15.4. The van der Waals surface area contributed by atoms with Crippen LogP contribution in [-0.2, 0) is 28.5 Å². The molecule has 240 valence electrons. The van der Waals surface area contributed by atoms with Gasteiger partial charge in [0.25, 0.3) is 5.54 Å². The summed E-state index contributed by atoms with van der Waals surface area (Å²) in [4.78, 5) is 55.7. The number of carbonyl (C=O) groups excluding carboxylic acids is 4. The predicted molar refractivity (Wildman–Crippen MR) is 156 cm³/mol. The summed E-state index contributed by atoms with van der Waals surface area (Å²) in [7, 11) is 0. The summed E-state index contributed by atoms with van der Waals surface area (Å²) in [5.74, 6) is -2.36. The van der Waals surface area contributed by atoms with Crippen LogP contribution in [0.2, 0.25) is 0 Å². The number of rotatable bonds is 13. The van der Waals surface area contributed by atoms with Crippen molar-refractivity contribution in [2.45, 2.75) is 111 Å². The second-order valence-corrected chi connectivity index (χ2v) is 13.6. The fraction of sp³-hybridized carbons (Fsp3) is 0.857. The first-order valence-electron chi connectivity index (χ1n) is 14.0. The highest BCUT2D eigenvalue weighted by Crippen LogP contribution is 2.29.